The van der Waals surface area contributed by atoms with E-state index < -0.39 is 6.10 Å². The van der Waals surface area contributed by atoms with Crippen LogP contribution in [0.3, 0.4) is 0 Å². The molecule has 0 spiro atoms. The summed E-state index contributed by atoms with van der Waals surface area (Å²) in [6, 6.07) is 3.36. The Bertz CT molecular complexity index is 879. The quantitative estimate of drug-likeness (QED) is 0.671. The van der Waals surface area contributed by atoms with Crippen LogP contribution < -0.4 is 15.8 Å². The van der Waals surface area contributed by atoms with Crippen molar-refractivity contribution in [3.05, 3.63) is 39.8 Å². The molecular formula is C20H24ClFN4O2. The molecule has 150 valence electrons. The molecule has 1 fully saturated rings. The van der Waals surface area contributed by atoms with Crippen molar-refractivity contribution in [3.8, 4) is 5.75 Å². The van der Waals surface area contributed by atoms with Crippen molar-refractivity contribution in [2.45, 2.75) is 45.3 Å². The third kappa shape index (κ3) is 3.49. The van der Waals surface area contributed by atoms with E-state index in [4.69, 9.17) is 22.1 Å². The number of aliphatic hydroxyl groups is 1. The Labute approximate surface area is 168 Å². The number of ether oxygens (including phenoxy) is 1. The lowest BCUT2D eigenvalue weighted by atomic mass is 10.0. The van der Waals surface area contributed by atoms with Crippen LogP contribution in [-0.2, 0) is 6.42 Å². The summed E-state index contributed by atoms with van der Waals surface area (Å²) in [7, 11) is 0. The summed E-state index contributed by atoms with van der Waals surface area (Å²) in [6.07, 6.45) is 1.92. The van der Waals surface area contributed by atoms with Crippen molar-refractivity contribution < 1.29 is 14.2 Å². The van der Waals surface area contributed by atoms with Crippen LogP contribution in [0, 0.1) is 24.6 Å². The van der Waals surface area contributed by atoms with E-state index in [1.54, 1.807) is 13.0 Å². The van der Waals surface area contributed by atoms with Gasteiger partial charge in [0, 0.05) is 25.1 Å². The molecule has 6 nitrogen and oxygen atoms in total. The largest absolute Gasteiger partial charge is 0.485 e. The van der Waals surface area contributed by atoms with Gasteiger partial charge in [-0.05, 0) is 48.8 Å². The molecule has 1 unspecified atom stereocenters. The summed E-state index contributed by atoms with van der Waals surface area (Å²) >= 11 is 6.43. The van der Waals surface area contributed by atoms with Gasteiger partial charge in [-0.15, -0.1) is 0 Å². The van der Waals surface area contributed by atoms with Crippen molar-refractivity contribution in [2.24, 2.45) is 11.8 Å². The number of nitrogens with one attached hydrogen (secondary N) is 1. The number of hydrogen-bond acceptors (Lipinski definition) is 6. The van der Waals surface area contributed by atoms with E-state index in [2.05, 4.69) is 22.2 Å². The highest BCUT2D eigenvalue weighted by Gasteiger charge is 2.35. The summed E-state index contributed by atoms with van der Waals surface area (Å²) in [5, 5.41) is 13.2. The summed E-state index contributed by atoms with van der Waals surface area (Å²) < 4.78 is 19.9. The summed E-state index contributed by atoms with van der Waals surface area (Å²) in [4.78, 5) is 8.48. The lowest BCUT2D eigenvalue weighted by Crippen LogP contribution is -2.25. The molecule has 4 rings (SSSR count). The third-order valence-corrected chi connectivity index (χ3v) is 6.10. The summed E-state index contributed by atoms with van der Waals surface area (Å²) in [6.45, 7) is 4.05. The molecule has 0 bridgehead atoms. The first-order valence-corrected chi connectivity index (χ1v) is 9.89. The van der Waals surface area contributed by atoms with Crippen LogP contribution in [0.15, 0.2) is 12.1 Å². The van der Waals surface area contributed by atoms with E-state index in [1.807, 2.05) is 0 Å². The maximum atomic E-state index is 13.9. The number of aliphatic hydroxyl groups excluding tert-OH is 1. The highest BCUT2D eigenvalue weighted by atomic mass is 35.5. The van der Waals surface area contributed by atoms with Gasteiger partial charge in [0.2, 0.25) is 5.95 Å². The number of rotatable bonds is 4. The van der Waals surface area contributed by atoms with E-state index in [9.17, 15) is 9.50 Å². The van der Waals surface area contributed by atoms with Crippen molar-refractivity contribution in [1.29, 1.82) is 0 Å². The van der Waals surface area contributed by atoms with Gasteiger partial charge in [0.15, 0.2) is 0 Å². The van der Waals surface area contributed by atoms with Crippen LogP contribution in [0.4, 0.5) is 16.2 Å². The van der Waals surface area contributed by atoms with Crippen molar-refractivity contribution >= 4 is 23.4 Å². The van der Waals surface area contributed by atoms with E-state index >= 15 is 0 Å². The molecule has 4 N–H and O–H groups in total. The monoisotopic (exact) mass is 406 g/mol. The second-order valence-electron chi connectivity index (χ2n) is 7.90. The molecule has 2 aromatic rings. The minimum absolute atomic E-state index is 0.0815. The Morgan fingerprint density at radius 2 is 2.14 bits per heavy atom. The van der Waals surface area contributed by atoms with E-state index in [-0.39, 0.29) is 35.5 Å². The fraction of sp³-hybridized carbons (Fsp3) is 0.500. The van der Waals surface area contributed by atoms with Crippen LogP contribution in [0.2, 0.25) is 5.15 Å². The van der Waals surface area contributed by atoms with Crippen molar-refractivity contribution in [1.82, 2.24) is 9.97 Å². The highest BCUT2D eigenvalue weighted by molar-refractivity contribution is 6.30. The second-order valence-corrected chi connectivity index (χ2v) is 8.26. The maximum Gasteiger partial charge on any atom is 0.223 e. The Kier molecular flexibility index (Phi) is 5.05. The van der Waals surface area contributed by atoms with E-state index in [1.165, 1.54) is 6.07 Å². The lowest BCUT2D eigenvalue weighted by Gasteiger charge is -2.23. The summed E-state index contributed by atoms with van der Waals surface area (Å²) in [5.74, 6) is 1.48. The lowest BCUT2D eigenvalue weighted by molar-refractivity contribution is 0.226. The molecule has 1 aliphatic heterocycles. The molecule has 0 amide bonds. The van der Waals surface area contributed by atoms with E-state index in [0.717, 1.165) is 18.4 Å². The van der Waals surface area contributed by atoms with Crippen LogP contribution in [-0.4, -0.2) is 27.7 Å². The minimum atomic E-state index is -0.419. The minimum Gasteiger partial charge on any atom is -0.485 e. The fourth-order valence-corrected chi connectivity index (χ4v) is 4.60. The Morgan fingerprint density at radius 1 is 1.36 bits per heavy atom. The van der Waals surface area contributed by atoms with Gasteiger partial charge in [-0.1, -0.05) is 18.5 Å². The van der Waals surface area contributed by atoms with E-state index in [0.29, 0.717) is 35.0 Å². The molecule has 8 heteroatoms. The average Bonchev–Trinajstić information content (AvgIpc) is 3.18. The smallest absolute Gasteiger partial charge is 0.223 e. The first-order chi connectivity index (χ1) is 13.4. The molecule has 4 atom stereocenters. The standard InChI is InChI=1S/C20H24ClFN4O2/c1-9-4-12-6-16(28-15(12)7-13(9)22)17-18(21)25-20(23)26-19(17)24-14-5-11(8-27)3-10(14)2/h4,7,10-11,14,16,27H,3,5-6,8H2,1-2H3,(H3,23,24,25,26)/t10-,11-,14-,16?/m1/s1. The number of hydrogen-bond donors (Lipinski definition) is 3. The van der Waals surface area contributed by atoms with Crippen LogP contribution >= 0.6 is 11.6 Å². The maximum absolute atomic E-state index is 13.9. The van der Waals surface area contributed by atoms with Gasteiger partial charge in [0.1, 0.15) is 28.6 Å². The predicted octanol–water partition coefficient (Wildman–Crippen LogP) is 3.65. The Hall–Kier alpha value is -2.12. The molecule has 2 aliphatic rings. The zero-order valence-electron chi connectivity index (χ0n) is 15.9. The Balaban J connectivity index is 1.65. The highest BCUT2D eigenvalue weighted by Crippen LogP contribution is 2.43. The van der Waals surface area contributed by atoms with Gasteiger partial charge >= 0.3 is 0 Å². The number of aromatic nitrogens is 2. The predicted molar refractivity (Wildman–Crippen MR) is 106 cm³/mol. The number of benzene rings is 1. The normalized spacial score (nSPS) is 26.2. The number of fused-ring (bicyclic) bond motifs is 1. The number of nitrogens with zero attached hydrogens (tertiary/aromatic N) is 2. The van der Waals surface area contributed by atoms with Crippen LogP contribution in [0.25, 0.3) is 0 Å². The Morgan fingerprint density at radius 3 is 2.86 bits per heavy atom. The molecule has 2 heterocycles. The zero-order valence-corrected chi connectivity index (χ0v) is 16.6. The molecule has 1 aliphatic carbocycles. The van der Waals surface area contributed by atoms with Gasteiger partial charge in [0.25, 0.3) is 0 Å². The number of nitrogen functional groups attached to an aromatic ring is 1. The average molecular weight is 407 g/mol. The molecule has 0 saturated heterocycles. The first-order valence-electron chi connectivity index (χ1n) is 9.51. The second kappa shape index (κ2) is 7.37. The molecule has 28 heavy (non-hydrogen) atoms. The first kappa shape index (κ1) is 19.2. The molecule has 1 aromatic heterocycles. The molecule has 0 radical (unpaired) electrons. The molecule has 1 saturated carbocycles. The van der Waals surface area contributed by atoms with Gasteiger partial charge in [-0.2, -0.15) is 4.98 Å². The van der Waals surface area contributed by atoms with Crippen LogP contribution in [0.1, 0.15) is 42.6 Å². The van der Waals surface area contributed by atoms with Gasteiger partial charge in [-0.25, -0.2) is 9.37 Å². The van der Waals surface area contributed by atoms with Crippen molar-refractivity contribution in [3.63, 3.8) is 0 Å². The topological polar surface area (TPSA) is 93.3 Å². The van der Waals surface area contributed by atoms with Crippen molar-refractivity contribution in [2.75, 3.05) is 17.7 Å². The summed E-state index contributed by atoms with van der Waals surface area (Å²) in [5.41, 5.74) is 7.97. The zero-order chi connectivity index (χ0) is 20.0. The van der Waals surface area contributed by atoms with Gasteiger partial charge in [0.05, 0.1) is 5.56 Å². The number of halogens is 2. The number of anilines is 2. The number of nitrogens with two attached hydrogens (primary N) is 1. The van der Waals surface area contributed by atoms with Gasteiger partial charge in [-0.3, -0.25) is 0 Å². The SMILES string of the molecule is Cc1cc2c(cc1F)OC(c1c(Cl)nc(N)nc1N[C@@H]1C[C@H](CO)C[C@H]1C)C2. The third-order valence-electron chi connectivity index (χ3n) is 5.81. The van der Waals surface area contributed by atoms with Crippen LogP contribution in [0.5, 0.6) is 5.75 Å². The number of aryl methyl sites for hydroxylation is 1. The molecule has 1 aromatic carbocycles. The fourth-order valence-electron chi connectivity index (χ4n) is 4.31. The molecular weight excluding hydrogens is 383 g/mol. The van der Waals surface area contributed by atoms with Gasteiger partial charge < -0.3 is 20.9 Å².